The number of ether oxygens (including phenoxy) is 3. The Kier molecular flexibility index (Phi) is 7.59. The third-order valence-electron chi connectivity index (χ3n) is 4.92. The molecule has 0 aromatic heterocycles. The van der Waals surface area contributed by atoms with Crippen molar-refractivity contribution in [1.82, 2.24) is 4.90 Å². The first-order chi connectivity index (χ1) is 14.5. The van der Waals surface area contributed by atoms with Crippen molar-refractivity contribution < 1.29 is 32.9 Å². The van der Waals surface area contributed by atoms with E-state index in [1.54, 1.807) is 18.2 Å². The number of rotatable bonds is 10. The molecule has 0 aliphatic carbocycles. The van der Waals surface area contributed by atoms with E-state index >= 15 is 0 Å². The fraction of sp³-hybridized carbons (Fsp3) is 0.409. The van der Waals surface area contributed by atoms with Gasteiger partial charge in [0.25, 0.3) is 0 Å². The SMILES string of the molecule is COc1cccc(OCC(O)CN2CCC(Oc3ccc(F)c(F)c3)C2)c1CC=O. The minimum atomic E-state index is -0.943. The molecule has 2 aromatic rings. The van der Waals surface area contributed by atoms with Crippen LogP contribution in [0.1, 0.15) is 12.0 Å². The molecule has 1 N–H and O–H groups in total. The van der Waals surface area contributed by atoms with Crippen molar-refractivity contribution in [3.8, 4) is 17.2 Å². The molecule has 0 spiro atoms. The normalized spacial score (nSPS) is 17.5. The molecule has 1 heterocycles. The van der Waals surface area contributed by atoms with Crippen molar-refractivity contribution in [1.29, 1.82) is 0 Å². The molecule has 1 aliphatic rings. The highest BCUT2D eigenvalue weighted by Gasteiger charge is 2.26. The lowest BCUT2D eigenvalue weighted by molar-refractivity contribution is -0.107. The molecule has 1 saturated heterocycles. The Bertz CT molecular complexity index is 863. The summed E-state index contributed by atoms with van der Waals surface area (Å²) in [5.41, 5.74) is 0.642. The van der Waals surface area contributed by atoms with E-state index < -0.39 is 17.7 Å². The zero-order valence-electron chi connectivity index (χ0n) is 16.7. The first kappa shape index (κ1) is 22.0. The van der Waals surface area contributed by atoms with Gasteiger partial charge in [0.05, 0.1) is 7.11 Å². The third-order valence-corrected chi connectivity index (χ3v) is 4.92. The van der Waals surface area contributed by atoms with E-state index in [-0.39, 0.29) is 24.9 Å². The van der Waals surface area contributed by atoms with E-state index in [1.165, 1.54) is 13.2 Å². The number of carbonyl (C=O) groups excluding carboxylic acids is 1. The summed E-state index contributed by atoms with van der Waals surface area (Å²) in [4.78, 5) is 13.0. The Hall–Kier alpha value is -2.71. The number of hydrogen-bond donors (Lipinski definition) is 1. The number of halogens is 2. The van der Waals surface area contributed by atoms with Crippen LogP contribution in [0.5, 0.6) is 17.2 Å². The van der Waals surface area contributed by atoms with E-state index in [4.69, 9.17) is 14.2 Å². The number of carbonyl (C=O) groups is 1. The number of β-amino-alcohol motifs (C(OH)–C–C–N with tert-alkyl or cyclic N) is 1. The van der Waals surface area contributed by atoms with Crippen LogP contribution in [0.4, 0.5) is 8.78 Å². The molecular formula is C22H25F2NO5. The summed E-state index contributed by atoms with van der Waals surface area (Å²) in [6.45, 7) is 1.71. The minimum absolute atomic E-state index is 0.0597. The van der Waals surface area contributed by atoms with E-state index in [0.29, 0.717) is 43.1 Å². The van der Waals surface area contributed by atoms with Crippen LogP contribution in [-0.4, -0.2) is 61.9 Å². The lowest BCUT2D eigenvalue weighted by atomic mass is 10.1. The molecule has 30 heavy (non-hydrogen) atoms. The van der Waals surface area contributed by atoms with Gasteiger partial charge in [-0.15, -0.1) is 0 Å². The van der Waals surface area contributed by atoms with E-state index in [2.05, 4.69) is 0 Å². The Labute approximate surface area is 174 Å². The summed E-state index contributed by atoms with van der Waals surface area (Å²) < 4.78 is 43.0. The van der Waals surface area contributed by atoms with Gasteiger partial charge in [0.2, 0.25) is 0 Å². The molecule has 0 amide bonds. The Morgan fingerprint density at radius 1 is 1.23 bits per heavy atom. The van der Waals surface area contributed by atoms with Crippen molar-refractivity contribution in [3.05, 3.63) is 53.6 Å². The molecule has 0 bridgehead atoms. The van der Waals surface area contributed by atoms with E-state index in [0.717, 1.165) is 18.4 Å². The van der Waals surface area contributed by atoms with Crippen LogP contribution < -0.4 is 14.2 Å². The fourth-order valence-electron chi connectivity index (χ4n) is 3.49. The van der Waals surface area contributed by atoms with Crippen LogP contribution in [0.15, 0.2) is 36.4 Å². The average molecular weight is 421 g/mol. The van der Waals surface area contributed by atoms with Crippen LogP contribution in [0, 0.1) is 11.6 Å². The van der Waals surface area contributed by atoms with E-state index in [9.17, 15) is 18.7 Å². The van der Waals surface area contributed by atoms with Crippen molar-refractivity contribution in [2.24, 2.45) is 0 Å². The van der Waals surface area contributed by atoms with Crippen molar-refractivity contribution in [2.75, 3.05) is 33.4 Å². The van der Waals surface area contributed by atoms with Crippen LogP contribution in [0.25, 0.3) is 0 Å². The molecule has 1 fully saturated rings. The fourth-order valence-corrected chi connectivity index (χ4v) is 3.49. The molecule has 1 aliphatic heterocycles. The van der Waals surface area contributed by atoms with Gasteiger partial charge >= 0.3 is 0 Å². The van der Waals surface area contributed by atoms with Gasteiger partial charge in [0.15, 0.2) is 11.6 Å². The van der Waals surface area contributed by atoms with Crippen molar-refractivity contribution >= 4 is 6.29 Å². The molecule has 0 radical (unpaired) electrons. The van der Waals surface area contributed by atoms with Gasteiger partial charge in [-0.2, -0.15) is 0 Å². The lowest BCUT2D eigenvalue weighted by Crippen LogP contribution is -2.35. The summed E-state index contributed by atoms with van der Waals surface area (Å²) in [6.07, 6.45) is 0.734. The van der Waals surface area contributed by atoms with Crippen LogP contribution in [0.2, 0.25) is 0 Å². The Morgan fingerprint density at radius 2 is 2.03 bits per heavy atom. The predicted octanol–water partition coefficient (Wildman–Crippen LogP) is 2.61. The van der Waals surface area contributed by atoms with Crippen LogP contribution in [-0.2, 0) is 11.2 Å². The first-order valence-corrected chi connectivity index (χ1v) is 9.74. The minimum Gasteiger partial charge on any atom is -0.496 e. The van der Waals surface area contributed by atoms with E-state index in [1.807, 2.05) is 4.90 Å². The highest BCUT2D eigenvalue weighted by atomic mass is 19.2. The van der Waals surface area contributed by atoms with Gasteiger partial charge in [0.1, 0.15) is 42.3 Å². The van der Waals surface area contributed by atoms with Crippen molar-refractivity contribution in [2.45, 2.75) is 25.0 Å². The maximum Gasteiger partial charge on any atom is 0.162 e. The number of aliphatic hydroxyl groups is 1. The highest BCUT2D eigenvalue weighted by Crippen LogP contribution is 2.28. The van der Waals surface area contributed by atoms with Gasteiger partial charge in [-0.1, -0.05) is 6.07 Å². The smallest absolute Gasteiger partial charge is 0.162 e. The zero-order chi connectivity index (χ0) is 21.5. The number of nitrogens with zero attached hydrogens (tertiary/aromatic N) is 1. The number of methoxy groups -OCH3 is 1. The maximum atomic E-state index is 13.3. The highest BCUT2D eigenvalue weighted by molar-refractivity contribution is 5.61. The molecule has 2 unspecified atom stereocenters. The molecule has 2 aromatic carbocycles. The zero-order valence-corrected chi connectivity index (χ0v) is 16.7. The number of likely N-dealkylation sites (tertiary alicyclic amines) is 1. The number of aldehydes is 1. The summed E-state index contributed by atoms with van der Waals surface area (Å²) in [7, 11) is 1.52. The second kappa shape index (κ2) is 10.4. The molecule has 3 rings (SSSR count). The quantitative estimate of drug-likeness (QED) is 0.595. The molecule has 162 valence electrons. The van der Waals surface area contributed by atoms with Crippen LogP contribution >= 0.6 is 0 Å². The van der Waals surface area contributed by atoms with Crippen LogP contribution in [0.3, 0.4) is 0 Å². The predicted molar refractivity (Wildman–Crippen MR) is 106 cm³/mol. The van der Waals surface area contributed by atoms with Gasteiger partial charge in [0, 0.05) is 37.7 Å². The lowest BCUT2D eigenvalue weighted by Gasteiger charge is -2.21. The number of benzene rings is 2. The summed E-state index contributed by atoms with van der Waals surface area (Å²) in [5.74, 6) is -0.509. The summed E-state index contributed by atoms with van der Waals surface area (Å²) >= 11 is 0. The number of hydrogen-bond acceptors (Lipinski definition) is 6. The van der Waals surface area contributed by atoms with Gasteiger partial charge in [-0.25, -0.2) is 8.78 Å². The van der Waals surface area contributed by atoms with Gasteiger partial charge in [-0.3, -0.25) is 4.90 Å². The first-order valence-electron chi connectivity index (χ1n) is 9.74. The average Bonchev–Trinajstić information content (AvgIpc) is 3.16. The monoisotopic (exact) mass is 421 g/mol. The third kappa shape index (κ3) is 5.67. The summed E-state index contributed by atoms with van der Waals surface area (Å²) in [5, 5.41) is 10.4. The van der Waals surface area contributed by atoms with Gasteiger partial charge in [-0.05, 0) is 30.7 Å². The second-order valence-electron chi connectivity index (χ2n) is 7.14. The molecule has 0 saturated carbocycles. The standard InChI is InChI=1S/C22H25F2NO5/c1-28-21-3-2-4-22(18(21)8-10-26)29-14-15(27)12-25-9-7-17(13-25)30-16-5-6-19(23)20(24)11-16/h2-6,10-11,15,17,27H,7-9,12-14H2,1H3. The van der Waals surface area contributed by atoms with Crippen molar-refractivity contribution in [3.63, 3.8) is 0 Å². The maximum absolute atomic E-state index is 13.3. The largest absolute Gasteiger partial charge is 0.496 e. The summed E-state index contributed by atoms with van der Waals surface area (Å²) in [6, 6.07) is 8.71. The molecule has 6 nitrogen and oxygen atoms in total. The Balaban J connectivity index is 1.48. The molecule has 2 atom stereocenters. The molecular weight excluding hydrogens is 396 g/mol. The van der Waals surface area contributed by atoms with Gasteiger partial charge < -0.3 is 24.1 Å². The second-order valence-corrected chi connectivity index (χ2v) is 7.14. The molecule has 8 heteroatoms. The topological polar surface area (TPSA) is 68.2 Å². The number of aliphatic hydroxyl groups excluding tert-OH is 1. The Morgan fingerprint density at radius 3 is 2.77 bits per heavy atom.